The predicted octanol–water partition coefficient (Wildman–Crippen LogP) is 2.95. The van der Waals surface area contributed by atoms with E-state index >= 15 is 0 Å². The summed E-state index contributed by atoms with van der Waals surface area (Å²) >= 11 is 1.56. The molecule has 1 aliphatic carbocycles. The van der Waals surface area contributed by atoms with Crippen LogP contribution in [0.2, 0.25) is 0 Å². The van der Waals surface area contributed by atoms with E-state index in [4.69, 9.17) is 0 Å². The van der Waals surface area contributed by atoms with E-state index in [1.54, 1.807) is 23.5 Å². The number of nitrogens with zero attached hydrogens (tertiary/aromatic N) is 1. The molecule has 0 atom stereocenters. The van der Waals surface area contributed by atoms with E-state index in [1.165, 1.54) is 0 Å². The zero-order valence-electron chi connectivity index (χ0n) is 11.4. The first-order valence-corrected chi connectivity index (χ1v) is 8.81. The molecule has 106 valence electrons. The van der Waals surface area contributed by atoms with Crippen LogP contribution < -0.4 is 4.72 Å². The van der Waals surface area contributed by atoms with Crippen LogP contribution in [-0.4, -0.2) is 18.9 Å². The van der Waals surface area contributed by atoms with Crippen LogP contribution in [0, 0.1) is 6.92 Å². The third-order valence-corrected chi connectivity index (χ3v) is 6.07. The second kappa shape index (κ2) is 4.65. The quantitative estimate of drug-likeness (QED) is 0.944. The largest absolute Gasteiger partial charge is 0.241 e. The van der Waals surface area contributed by atoms with Crippen LogP contribution in [0.4, 0.5) is 0 Å². The summed E-state index contributed by atoms with van der Waals surface area (Å²) in [6.07, 6.45) is 1.81. The normalized spacial score (nSPS) is 17.1. The van der Waals surface area contributed by atoms with Crippen molar-refractivity contribution in [2.24, 2.45) is 0 Å². The van der Waals surface area contributed by atoms with Crippen LogP contribution in [0.25, 0.3) is 10.6 Å². The standard InChI is InChI=1S/C14H16N2O2S2/c1-10-9-19-13(15-10)11-3-5-12(6-4-11)20(17,18)16-14(2)7-8-14/h3-6,9,16H,7-8H2,1-2H3. The molecule has 0 spiro atoms. The van der Waals surface area contributed by atoms with E-state index in [0.717, 1.165) is 29.1 Å². The smallest absolute Gasteiger partial charge is 0.241 e. The van der Waals surface area contributed by atoms with Crippen molar-refractivity contribution in [3.8, 4) is 10.6 Å². The summed E-state index contributed by atoms with van der Waals surface area (Å²) in [6.45, 7) is 3.87. The molecule has 3 rings (SSSR count). The van der Waals surface area contributed by atoms with Gasteiger partial charge in [-0.1, -0.05) is 12.1 Å². The van der Waals surface area contributed by atoms with Crippen molar-refractivity contribution in [2.75, 3.05) is 0 Å². The third-order valence-electron chi connectivity index (χ3n) is 3.41. The minimum Gasteiger partial charge on any atom is -0.241 e. The maximum atomic E-state index is 12.2. The van der Waals surface area contributed by atoms with Crippen LogP contribution in [0.5, 0.6) is 0 Å². The summed E-state index contributed by atoms with van der Waals surface area (Å²) in [4.78, 5) is 4.70. The summed E-state index contributed by atoms with van der Waals surface area (Å²) in [5, 5.41) is 2.89. The van der Waals surface area contributed by atoms with Gasteiger partial charge in [0.05, 0.1) is 4.90 Å². The second-order valence-electron chi connectivity index (χ2n) is 5.48. The number of nitrogens with one attached hydrogen (secondary N) is 1. The van der Waals surface area contributed by atoms with Gasteiger partial charge in [0, 0.05) is 22.2 Å². The van der Waals surface area contributed by atoms with E-state index in [-0.39, 0.29) is 5.54 Å². The average Bonchev–Trinajstić information content (AvgIpc) is 2.94. The molecule has 2 aromatic rings. The van der Waals surface area contributed by atoms with E-state index < -0.39 is 10.0 Å². The highest BCUT2D eigenvalue weighted by Gasteiger charge is 2.41. The minimum absolute atomic E-state index is 0.246. The molecule has 1 aromatic heterocycles. The van der Waals surface area contributed by atoms with Crippen molar-refractivity contribution >= 4 is 21.4 Å². The molecule has 4 nitrogen and oxygen atoms in total. The highest BCUT2D eigenvalue weighted by atomic mass is 32.2. The Morgan fingerprint density at radius 3 is 2.40 bits per heavy atom. The molecular formula is C14H16N2O2S2. The molecule has 0 unspecified atom stereocenters. The van der Waals surface area contributed by atoms with Crippen LogP contribution in [0.1, 0.15) is 25.5 Å². The Kier molecular flexibility index (Phi) is 3.19. The molecule has 1 saturated carbocycles. The maximum absolute atomic E-state index is 12.2. The number of aryl methyl sites for hydroxylation is 1. The fourth-order valence-electron chi connectivity index (χ4n) is 1.94. The van der Waals surface area contributed by atoms with Crippen LogP contribution in [0.3, 0.4) is 0 Å². The van der Waals surface area contributed by atoms with Gasteiger partial charge >= 0.3 is 0 Å². The Morgan fingerprint density at radius 2 is 1.90 bits per heavy atom. The number of hydrogen-bond donors (Lipinski definition) is 1. The highest BCUT2D eigenvalue weighted by Crippen LogP contribution is 2.36. The summed E-state index contributed by atoms with van der Waals surface area (Å²) in [6, 6.07) is 6.89. The third kappa shape index (κ3) is 2.77. The van der Waals surface area contributed by atoms with E-state index in [2.05, 4.69) is 9.71 Å². The lowest BCUT2D eigenvalue weighted by Gasteiger charge is -2.12. The fourth-order valence-corrected chi connectivity index (χ4v) is 4.20. The molecule has 0 saturated heterocycles. The summed E-state index contributed by atoms with van der Waals surface area (Å²) in [5.74, 6) is 0. The van der Waals surface area contributed by atoms with Gasteiger partial charge in [-0.15, -0.1) is 11.3 Å². The van der Waals surface area contributed by atoms with Gasteiger partial charge in [-0.3, -0.25) is 0 Å². The highest BCUT2D eigenvalue weighted by molar-refractivity contribution is 7.89. The second-order valence-corrected chi connectivity index (χ2v) is 8.03. The number of benzene rings is 1. The van der Waals surface area contributed by atoms with Crippen LogP contribution >= 0.6 is 11.3 Å². The fraction of sp³-hybridized carbons (Fsp3) is 0.357. The van der Waals surface area contributed by atoms with Gasteiger partial charge in [0.15, 0.2) is 0 Å². The van der Waals surface area contributed by atoms with Crippen molar-refractivity contribution in [3.63, 3.8) is 0 Å². The van der Waals surface area contributed by atoms with Gasteiger partial charge in [0.2, 0.25) is 10.0 Å². The first-order valence-electron chi connectivity index (χ1n) is 6.45. The van der Waals surface area contributed by atoms with Crippen molar-refractivity contribution in [1.82, 2.24) is 9.71 Å². The Balaban J connectivity index is 1.86. The first-order chi connectivity index (χ1) is 9.38. The van der Waals surface area contributed by atoms with Crippen LogP contribution in [-0.2, 0) is 10.0 Å². The van der Waals surface area contributed by atoms with Gasteiger partial charge in [-0.25, -0.2) is 18.1 Å². The number of hydrogen-bond acceptors (Lipinski definition) is 4. The number of aromatic nitrogens is 1. The van der Waals surface area contributed by atoms with Crippen molar-refractivity contribution in [3.05, 3.63) is 35.3 Å². The topological polar surface area (TPSA) is 59.1 Å². The average molecular weight is 308 g/mol. The van der Waals surface area contributed by atoms with E-state index in [0.29, 0.717) is 4.90 Å². The molecule has 1 aliphatic rings. The molecule has 20 heavy (non-hydrogen) atoms. The predicted molar refractivity (Wildman–Crippen MR) is 80.2 cm³/mol. The molecule has 0 bridgehead atoms. The zero-order chi connectivity index (χ0) is 14.4. The summed E-state index contributed by atoms with van der Waals surface area (Å²) in [5.41, 5.74) is 1.67. The van der Waals surface area contributed by atoms with E-state index in [1.807, 2.05) is 31.4 Å². The lowest BCUT2D eigenvalue weighted by atomic mass is 10.2. The van der Waals surface area contributed by atoms with Crippen molar-refractivity contribution in [1.29, 1.82) is 0 Å². The van der Waals surface area contributed by atoms with Gasteiger partial charge < -0.3 is 0 Å². The lowest BCUT2D eigenvalue weighted by molar-refractivity contribution is 0.558. The monoisotopic (exact) mass is 308 g/mol. The molecule has 1 heterocycles. The maximum Gasteiger partial charge on any atom is 0.241 e. The molecule has 6 heteroatoms. The zero-order valence-corrected chi connectivity index (χ0v) is 13.0. The SMILES string of the molecule is Cc1csc(-c2ccc(S(=O)(=O)NC3(C)CC3)cc2)n1. The summed E-state index contributed by atoms with van der Waals surface area (Å²) in [7, 11) is -3.42. The van der Waals surface area contributed by atoms with Gasteiger partial charge in [0.25, 0.3) is 0 Å². The Bertz CT molecular complexity index is 729. The first kappa shape index (κ1) is 13.7. The van der Waals surface area contributed by atoms with Crippen molar-refractivity contribution < 1.29 is 8.42 Å². The Morgan fingerprint density at radius 1 is 1.25 bits per heavy atom. The minimum atomic E-state index is -3.42. The molecular weight excluding hydrogens is 292 g/mol. The molecule has 1 aromatic carbocycles. The molecule has 0 amide bonds. The Labute approximate surface area is 122 Å². The molecule has 0 aliphatic heterocycles. The van der Waals surface area contributed by atoms with Gasteiger partial charge in [-0.05, 0) is 38.8 Å². The Hall–Kier alpha value is -1.24. The van der Waals surface area contributed by atoms with Crippen LogP contribution in [0.15, 0.2) is 34.5 Å². The number of sulfonamides is 1. The summed E-state index contributed by atoms with van der Waals surface area (Å²) < 4.78 is 27.2. The lowest BCUT2D eigenvalue weighted by Crippen LogP contribution is -2.34. The molecule has 1 fully saturated rings. The number of rotatable bonds is 4. The number of thiazole rings is 1. The van der Waals surface area contributed by atoms with Gasteiger partial charge in [-0.2, -0.15) is 0 Å². The van der Waals surface area contributed by atoms with Crippen molar-refractivity contribution in [2.45, 2.75) is 37.1 Å². The molecule has 0 radical (unpaired) electrons. The van der Waals surface area contributed by atoms with Gasteiger partial charge in [0.1, 0.15) is 5.01 Å². The van der Waals surface area contributed by atoms with E-state index in [9.17, 15) is 8.42 Å². The molecule has 1 N–H and O–H groups in total.